The van der Waals surface area contributed by atoms with Gasteiger partial charge in [-0.1, -0.05) is 47.1 Å². The van der Waals surface area contributed by atoms with Crippen LogP contribution in [0.2, 0.25) is 0 Å². The van der Waals surface area contributed by atoms with Crippen molar-refractivity contribution in [2.45, 2.75) is 13.3 Å². The summed E-state index contributed by atoms with van der Waals surface area (Å²) in [6, 6.07) is 11.9. The number of halogens is 1. The Bertz CT molecular complexity index is 612. The van der Waals surface area contributed by atoms with Crippen LogP contribution in [-0.4, -0.2) is 19.6 Å². The van der Waals surface area contributed by atoms with E-state index in [1.54, 1.807) is 7.11 Å². The number of carbonyl (C=O) groups excluding carboxylic acids is 1. The van der Waals surface area contributed by atoms with Gasteiger partial charge in [0.15, 0.2) is 0 Å². The molecule has 0 spiro atoms. The van der Waals surface area contributed by atoms with Gasteiger partial charge in [0.05, 0.1) is 0 Å². The van der Waals surface area contributed by atoms with Crippen molar-refractivity contribution in [2.75, 3.05) is 19.0 Å². The van der Waals surface area contributed by atoms with Crippen LogP contribution in [0, 0.1) is 5.92 Å². The van der Waals surface area contributed by atoms with Gasteiger partial charge in [0.2, 0.25) is 5.91 Å². The third-order valence-electron chi connectivity index (χ3n) is 3.13. The number of fused-ring (bicyclic) bond motifs is 1. The molecular weight excluding hydrogens is 318 g/mol. The standard InChI is InChI=1S/C16H18BrNO2/c1-11(10-20-2)9-16(19)18-15-8-7-14(17)12-5-3-4-6-13(12)15/h3-8,11H,9-10H2,1-2H3,(H,18,19). The van der Waals surface area contributed by atoms with Crippen LogP contribution in [0.4, 0.5) is 5.69 Å². The summed E-state index contributed by atoms with van der Waals surface area (Å²) >= 11 is 3.53. The van der Waals surface area contributed by atoms with Crippen LogP contribution in [-0.2, 0) is 9.53 Å². The van der Waals surface area contributed by atoms with Crippen molar-refractivity contribution in [3.05, 3.63) is 40.9 Å². The van der Waals surface area contributed by atoms with Gasteiger partial charge in [-0.05, 0) is 23.4 Å². The van der Waals surface area contributed by atoms with E-state index in [0.717, 1.165) is 20.9 Å². The topological polar surface area (TPSA) is 38.3 Å². The minimum Gasteiger partial charge on any atom is -0.384 e. The molecule has 1 N–H and O–H groups in total. The average Bonchev–Trinajstić information content (AvgIpc) is 2.42. The zero-order chi connectivity index (χ0) is 14.5. The lowest BCUT2D eigenvalue weighted by atomic mass is 10.1. The molecule has 0 aliphatic rings. The normalized spacial score (nSPS) is 12.3. The second kappa shape index (κ2) is 6.86. The lowest BCUT2D eigenvalue weighted by Crippen LogP contribution is -2.17. The van der Waals surface area contributed by atoms with E-state index >= 15 is 0 Å². The summed E-state index contributed by atoms with van der Waals surface area (Å²) in [5, 5.41) is 5.12. The van der Waals surface area contributed by atoms with Crippen molar-refractivity contribution >= 4 is 38.3 Å². The monoisotopic (exact) mass is 335 g/mol. The molecule has 1 amide bonds. The van der Waals surface area contributed by atoms with Crippen molar-refractivity contribution in [3.8, 4) is 0 Å². The van der Waals surface area contributed by atoms with Crippen LogP contribution < -0.4 is 5.32 Å². The first kappa shape index (κ1) is 15.0. The molecule has 0 saturated heterocycles. The summed E-state index contributed by atoms with van der Waals surface area (Å²) in [7, 11) is 1.65. The minimum absolute atomic E-state index is 0.0158. The van der Waals surface area contributed by atoms with E-state index < -0.39 is 0 Å². The van der Waals surface area contributed by atoms with Crippen molar-refractivity contribution in [2.24, 2.45) is 5.92 Å². The summed E-state index contributed by atoms with van der Waals surface area (Å²) in [6.45, 7) is 2.59. The quantitative estimate of drug-likeness (QED) is 0.888. The van der Waals surface area contributed by atoms with Crippen molar-refractivity contribution < 1.29 is 9.53 Å². The molecule has 2 aromatic carbocycles. The lowest BCUT2D eigenvalue weighted by molar-refractivity contribution is -0.117. The Hall–Kier alpha value is -1.39. The van der Waals surface area contributed by atoms with Gasteiger partial charge < -0.3 is 10.1 Å². The van der Waals surface area contributed by atoms with Crippen LogP contribution >= 0.6 is 15.9 Å². The van der Waals surface area contributed by atoms with Gasteiger partial charge in [-0.15, -0.1) is 0 Å². The van der Waals surface area contributed by atoms with Crippen molar-refractivity contribution in [3.63, 3.8) is 0 Å². The molecule has 1 atom stereocenters. The number of methoxy groups -OCH3 is 1. The molecule has 0 aliphatic heterocycles. The molecule has 4 heteroatoms. The molecule has 0 bridgehead atoms. The molecule has 1 unspecified atom stereocenters. The smallest absolute Gasteiger partial charge is 0.224 e. The second-order valence-corrected chi connectivity index (χ2v) is 5.81. The summed E-state index contributed by atoms with van der Waals surface area (Å²) in [5.41, 5.74) is 0.846. The number of carbonyl (C=O) groups is 1. The largest absolute Gasteiger partial charge is 0.384 e. The maximum Gasteiger partial charge on any atom is 0.224 e. The van der Waals surface area contributed by atoms with Gasteiger partial charge >= 0.3 is 0 Å². The Morgan fingerprint density at radius 2 is 1.95 bits per heavy atom. The van der Waals surface area contributed by atoms with Crippen LogP contribution in [0.15, 0.2) is 40.9 Å². The number of anilines is 1. The summed E-state index contributed by atoms with van der Waals surface area (Å²) in [5.74, 6) is 0.226. The number of nitrogens with one attached hydrogen (secondary N) is 1. The van der Waals surface area contributed by atoms with E-state index in [4.69, 9.17) is 4.74 Å². The maximum atomic E-state index is 12.0. The Kier molecular flexibility index (Phi) is 5.15. The molecule has 0 heterocycles. The fourth-order valence-electron chi connectivity index (χ4n) is 2.23. The highest BCUT2D eigenvalue weighted by molar-refractivity contribution is 9.10. The molecule has 3 nitrogen and oxygen atoms in total. The first-order valence-electron chi connectivity index (χ1n) is 6.58. The Morgan fingerprint density at radius 3 is 2.65 bits per heavy atom. The molecule has 0 fully saturated rings. The zero-order valence-electron chi connectivity index (χ0n) is 11.7. The Balaban J connectivity index is 2.18. The van der Waals surface area contributed by atoms with Crippen LogP contribution in [0.1, 0.15) is 13.3 Å². The van der Waals surface area contributed by atoms with Crippen molar-refractivity contribution in [1.29, 1.82) is 0 Å². The SMILES string of the molecule is COCC(C)CC(=O)Nc1ccc(Br)c2ccccc12. The highest BCUT2D eigenvalue weighted by atomic mass is 79.9. The molecular formula is C16H18BrNO2. The maximum absolute atomic E-state index is 12.0. The van der Waals surface area contributed by atoms with Gasteiger partial charge in [0.1, 0.15) is 0 Å². The van der Waals surface area contributed by atoms with E-state index in [0.29, 0.717) is 13.0 Å². The van der Waals surface area contributed by atoms with E-state index in [1.807, 2.05) is 43.3 Å². The number of hydrogen-bond donors (Lipinski definition) is 1. The van der Waals surface area contributed by atoms with Crippen LogP contribution in [0.3, 0.4) is 0 Å². The van der Waals surface area contributed by atoms with E-state index in [9.17, 15) is 4.79 Å². The summed E-state index contributed by atoms with van der Waals surface area (Å²) in [6.07, 6.45) is 0.457. The predicted octanol–water partition coefficient (Wildman–Crippen LogP) is 4.21. The first-order valence-corrected chi connectivity index (χ1v) is 7.37. The predicted molar refractivity (Wildman–Crippen MR) is 85.9 cm³/mol. The zero-order valence-corrected chi connectivity index (χ0v) is 13.2. The number of ether oxygens (including phenoxy) is 1. The van der Waals surface area contributed by atoms with Crippen LogP contribution in [0.25, 0.3) is 10.8 Å². The number of rotatable bonds is 5. The van der Waals surface area contributed by atoms with Crippen LogP contribution in [0.5, 0.6) is 0 Å². The molecule has 2 rings (SSSR count). The molecule has 20 heavy (non-hydrogen) atoms. The molecule has 106 valence electrons. The highest BCUT2D eigenvalue weighted by Gasteiger charge is 2.11. The Labute approximate surface area is 127 Å². The van der Waals surface area contributed by atoms with Gasteiger partial charge in [0, 0.05) is 35.7 Å². The highest BCUT2D eigenvalue weighted by Crippen LogP contribution is 2.30. The number of benzene rings is 2. The lowest BCUT2D eigenvalue weighted by Gasteiger charge is -2.12. The molecule has 0 aliphatic carbocycles. The fraction of sp³-hybridized carbons (Fsp3) is 0.312. The molecule has 2 aromatic rings. The van der Waals surface area contributed by atoms with Gasteiger partial charge in [-0.3, -0.25) is 4.79 Å². The molecule has 0 radical (unpaired) electrons. The molecule has 0 saturated carbocycles. The van der Waals surface area contributed by atoms with E-state index in [1.165, 1.54) is 0 Å². The minimum atomic E-state index is 0.0158. The summed E-state index contributed by atoms with van der Waals surface area (Å²) in [4.78, 5) is 12.0. The van der Waals surface area contributed by atoms with Gasteiger partial charge in [-0.2, -0.15) is 0 Å². The number of hydrogen-bond acceptors (Lipinski definition) is 2. The van der Waals surface area contributed by atoms with Gasteiger partial charge in [0.25, 0.3) is 0 Å². The fourth-order valence-corrected chi connectivity index (χ4v) is 2.71. The average molecular weight is 336 g/mol. The first-order chi connectivity index (χ1) is 9.61. The third-order valence-corrected chi connectivity index (χ3v) is 3.82. The van der Waals surface area contributed by atoms with E-state index in [-0.39, 0.29) is 11.8 Å². The van der Waals surface area contributed by atoms with E-state index in [2.05, 4.69) is 21.2 Å². The van der Waals surface area contributed by atoms with Gasteiger partial charge in [-0.25, -0.2) is 0 Å². The molecule has 0 aromatic heterocycles. The number of amides is 1. The second-order valence-electron chi connectivity index (χ2n) is 4.95. The Morgan fingerprint density at radius 1 is 1.25 bits per heavy atom. The summed E-state index contributed by atoms with van der Waals surface area (Å²) < 4.78 is 6.08. The van der Waals surface area contributed by atoms with Crippen molar-refractivity contribution in [1.82, 2.24) is 0 Å². The third kappa shape index (κ3) is 3.58.